The van der Waals surface area contributed by atoms with Crippen molar-refractivity contribution in [2.45, 2.75) is 45.6 Å². The van der Waals surface area contributed by atoms with E-state index in [2.05, 4.69) is 6.92 Å². The van der Waals surface area contributed by atoms with Crippen LogP contribution in [0.25, 0.3) is 0 Å². The number of nitrogens with two attached hydrogens (primary N) is 1. The number of hydrogen-bond donors (Lipinski definition) is 1. The zero-order valence-electron chi connectivity index (χ0n) is 11.3. The quantitative estimate of drug-likeness (QED) is 0.833. The van der Waals surface area contributed by atoms with E-state index in [9.17, 15) is 4.79 Å². The number of anilines is 1. The molecule has 1 aliphatic carbocycles. The van der Waals surface area contributed by atoms with Crippen LogP contribution in [-0.4, -0.2) is 23.4 Å². The Morgan fingerprint density at radius 2 is 2.06 bits per heavy atom. The molecule has 98 valence electrons. The molecule has 1 saturated carbocycles. The van der Waals surface area contributed by atoms with Crippen molar-refractivity contribution in [1.29, 1.82) is 0 Å². The first-order valence-corrected chi connectivity index (χ1v) is 6.80. The maximum atomic E-state index is 12.6. The van der Waals surface area contributed by atoms with Crippen molar-refractivity contribution in [2.75, 3.05) is 12.3 Å². The van der Waals surface area contributed by atoms with Crippen molar-refractivity contribution >= 4 is 11.6 Å². The number of benzene rings is 1. The first-order valence-electron chi connectivity index (χ1n) is 6.80. The van der Waals surface area contributed by atoms with Gasteiger partial charge in [-0.05, 0) is 44.4 Å². The van der Waals surface area contributed by atoms with Gasteiger partial charge in [0.05, 0.1) is 0 Å². The van der Waals surface area contributed by atoms with Crippen LogP contribution in [0.4, 0.5) is 5.69 Å². The molecular formula is C15H22N2O. The molecule has 0 atom stereocenters. The molecule has 18 heavy (non-hydrogen) atoms. The second-order valence-electron chi connectivity index (χ2n) is 5.10. The minimum atomic E-state index is 0.134. The van der Waals surface area contributed by atoms with E-state index >= 15 is 0 Å². The normalized spacial score (nSPS) is 15.9. The molecule has 0 heterocycles. The second-order valence-corrected chi connectivity index (χ2v) is 5.10. The highest BCUT2D eigenvalue weighted by atomic mass is 16.2. The monoisotopic (exact) mass is 246 g/mol. The van der Waals surface area contributed by atoms with Crippen LogP contribution in [0.15, 0.2) is 18.2 Å². The van der Waals surface area contributed by atoms with Gasteiger partial charge in [0, 0.05) is 23.8 Å². The van der Waals surface area contributed by atoms with Crippen LogP contribution in [0, 0.1) is 6.92 Å². The summed E-state index contributed by atoms with van der Waals surface area (Å²) in [5.41, 5.74) is 8.21. The first kappa shape index (κ1) is 12.9. The van der Waals surface area contributed by atoms with Crippen LogP contribution in [0.1, 0.15) is 48.5 Å². The summed E-state index contributed by atoms with van der Waals surface area (Å²) in [5, 5.41) is 0. The molecule has 2 N–H and O–H groups in total. The Morgan fingerprint density at radius 3 is 2.67 bits per heavy atom. The molecule has 0 bridgehead atoms. The van der Waals surface area contributed by atoms with Crippen molar-refractivity contribution < 1.29 is 4.79 Å². The van der Waals surface area contributed by atoms with Gasteiger partial charge in [0.2, 0.25) is 0 Å². The Hall–Kier alpha value is -1.51. The van der Waals surface area contributed by atoms with Gasteiger partial charge in [0.1, 0.15) is 0 Å². The van der Waals surface area contributed by atoms with Crippen molar-refractivity contribution in [3.63, 3.8) is 0 Å². The molecule has 0 saturated heterocycles. The fourth-order valence-electron chi connectivity index (χ4n) is 2.81. The van der Waals surface area contributed by atoms with Crippen molar-refractivity contribution in [3.05, 3.63) is 29.3 Å². The number of carbonyl (C=O) groups excluding carboxylic acids is 1. The standard InChI is InChI=1S/C15H22N2O/c1-3-17(13-6-4-5-7-13)15(18)14-10-12(16)9-8-11(14)2/h8-10,13H,3-7,16H2,1-2H3. The zero-order chi connectivity index (χ0) is 13.1. The number of hydrogen-bond acceptors (Lipinski definition) is 2. The van der Waals surface area contributed by atoms with E-state index in [1.807, 2.05) is 24.0 Å². The molecular weight excluding hydrogens is 224 g/mol. The van der Waals surface area contributed by atoms with Gasteiger partial charge in [-0.15, -0.1) is 0 Å². The largest absolute Gasteiger partial charge is 0.399 e. The maximum Gasteiger partial charge on any atom is 0.254 e. The average molecular weight is 246 g/mol. The summed E-state index contributed by atoms with van der Waals surface area (Å²) in [6.07, 6.45) is 4.76. The van der Waals surface area contributed by atoms with Crippen LogP contribution in [-0.2, 0) is 0 Å². The Morgan fingerprint density at radius 1 is 1.39 bits per heavy atom. The van der Waals surface area contributed by atoms with Crippen LogP contribution in [0.3, 0.4) is 0 Å². The Balaban J connectivity index is 2.25. The van der Waals surface area contributed by atoms with Crippen LogP contribution >= 0.6 is 0 Å². The van der Waals surface area contributed by atoms with Crippen LogP contribution < -0.4 is 5.73 Å². The SMILES string of the molecule is CCN(C(=O)c1cc(N)ccc1C)C1CCCC1. The van der Waals surface area contributed by atoms with Gasteiger partial charge < -0.3 is 10.6 Å². The highest BCUT2D eigenvalue weighted by Crippen LogP contribution is 2.25. The van der Waals surface area contributed by atoms with Crippen molar-refractivity contribution in [2.24, 2.45) is 0 Å². The molecule has 1 fully saturated rings. The first-order chi connectivity index (χ1) is 8.63. The van der Waals surface area contributed by atoms with Gasteiger partial charge in [-0.2, -0.15) is 0 Å². The number of amides is 1. The van der Waals surface area contributed by atoms with Crippen LogP contribution in [0.5, 0.6) is 0 Å². The Bertz CT molecular complexity index is 436. The highest BCUT2D eigenvalue weighted by Gasteiger charge is 2.26. The molecule has 0 aromatic heterocycles. The number of nitrogens with zero attached hydrogens (tertiary/aromatic N) is 1. The van der Waals surface area contributed by atoms with Crippen molar-refractivity contribution in [3.8, 4) is 0 Å². The molecule has 1 aromatic carbocycles. The maximum absolute atomic E-state index is 12.6. The predicted molar refractivity (Wildman–Crippen MR) is 74.6 cm³/mol. The molecule has 3 nitrogen and oxygen atoms in total. The van der Waals surface area contributed by atoms with E-state index in [0.717, 1.165) is 30.5 Å². The van der Waals surface area contributed by atoms with E-state index in [-0.39, 0.29) is 5.91 Å². The predicted octanol–water partition coefficient (Wildman–Crippen LogP) is 2.98. The average Bonchev–Trinajstić information content (AvgIpc) is 2.87. The van der Waals surface area contributed by atoms with E-state index < -0.39 is 0 Å². The minimum absolute atomic E-state index is 0.134. The third-order valence-corrected chi connectivity index (χ3v) is 3.86. The highest BCUT2D eigenvalue weighted by molar-refractivity contribution is 5.96. The fraction of sp³-hybridized carbons (Fsp3) is 0.533. The van der Waals surface area contributed by atoms with Gasteiger partial charge in [-0.25, -0.2) is 0 Å². The summed E-state index contributed by atoms with van der Waals surface area (Å²) < 4.78 is 0. The summed E-state index contributed by atoms with van der Waals surface area (Å²) in [6.45, 7) is 4.80. The van der Waals surface area contributed by atoms with E-state index in [4.69, 9.17) is 5.73 Å². The molecule has 2 rings (SSSR count). The van der Waals surface area contributed by atoms with Gasteiger partial charge >= 0.3 is 0 Å². The van der Waals surface area contributed by atoms with Gasteiger partial charge in [-0.3, -0.25) is 4.79 Å². The molecule has 3 heteroatoms. The molecule has 1 amide bonds. The fourth-order valence-corrected chi connectivity index (χ4v) is 2.81. The lowest BCUT2D eigenvalue weighted by atomic mass is 10.1. The third-order valence-electron chi connectivity index (χ3n) is 3.86. The Labute approximate surface area is 109 Å². The third kappa shape index (κ3) is 2.50. The lowest BCUT2D eigenvalue weighted by Gasteiger charge is -2.28. The van der Waals surface area contributed by atoms with Gasteiger partial charge in [0.15, 0.2) is 0 Å². The Kier molecular flexibility index (Phi) is 3.90. The summed E-state index contributed by atoms with van der Waals surface area (Å²) in [4.78, 5) is 14.6. The summed E-state index contributed by atoms with van der Waals surface area (Å²) in [6, 6.07) is 5.99. The van der Waals surface area contributed by atoms with E-state index in [0.29, 0.717) is 11.7 Å². The zero-order valence-corrected chi connectivity index (χ0v) is 11.3. The number of carbonyl (C=O) groups is 1. The molecule has 0 aliphatic heterocycles. The molecule has 0 unspecified atom stereocenters. The molecule has 1 aliphatic rings. The molecule has 1 aromatic rings. The summed E-state index contributed by atoms with van der Waals surface area (Å²) >= 11 is 0. The summed E-state index contributed by atoms with van der Waals surface area (Å²) in [7, 11) is 0. The second kappa shape index (κ2) is 5.42. The van der Waals surface area contributed by atoms with Crippen LogP contribution in [0.2, 0.25) is 0 Å². The summed E-state index contributed by atoms with van der Waals surface area (Å²) in [5.74, 6) is 0.134. The van der Waals surface area contributed by atoms with E-state index in [1.165, 1.54) is 12.8 Å². The topological polar surface area (TPSA) is 46.3 Å². The van der Waals surface area contributed by atoms with E-state index in [1.54, 1.807) is 6.07 Å². The minimum Gasteiger partial charge on any atom is -0.399 e. The van der Waals surface area contributed by atoms with Crippen molar-refractivity contribution in [1.82, 2.24) is 4.90 Å². The van der Waals surface area contributed by atoms with Gasteiger partial charge in [0.25, 0.3) is 5.91 Å². The van der Waals surface area contributed by atoms with Gasteiger partial charge in [-0.1, -0.05) is 18.9 Å². The number of aryl methyl sites for hydroxylation is 1. The lowest BCUT2D eigenvalue weighted by Crippen LogP contribution is -2.39. The molecule has 0 radical (unpaired) electrons. The molecule has 0 spiro atoms. The number of rotatable bonds is 3. The lowest BCUT2D eigenvalue weighted by molar-refractivity contribution is 0.0693. The smallest absolute Gasteiger partial charge is 0.254 e. The number of nitrogen functional groups attached to an aromatic ring is 1.